The summed E-state index contributed by atoms with van der Waals surface area (Å²) in [5, 5.41) is 19.1. The normalized spacial score (nSPS) is 15.6. The van der Waals surface area contributed by atoms with Gasteiger partial charge in [0.05, 0.1) is 19.4 Å². The highest BCUT2D eigenvalue weighted by Gasteiger charge is 2.30. The van der Waals surface area contributed by atoms with E-state index in [2.05, 4.69) is 36.0 Å². The smallest absolute Gasteiger partial charge is 0.317 e. The third-order valence-electron chi connectivity index (χ3n) is 4.62. The number of hydrogen-bond acceptors (Lipinski definition) is 6. The number of furan rings is 1. The molecule has 0 unspecified atom stereocenters. The number of nitrogens with one attached hydrogen (secondary N) is 1. The molecule has 0 radical (unpaired) electrons. The van der Waals surface area contributed by atoms with Gasteiger partial charge in [-0.05, 0) is 33.0 Å². The first-order chi connectivity index (χ1) is 12.8. The zero-order chi connectivity index (χ0) is 20.3. The first-order valence-corrected chi connectivity index (χ1v) is 9.01. The molecule has 2 rings (SSSR count). The minimum atomic E-state index is -0.250. The molecule has 1 aliphatic rings. The first-order valence-electron chi connectivity index (χ1n) is 9.01. The van der Waals surface area contributed by atoms with E-state index in [0.29, 0.717) is 18.8 Å². The number of rotatable bonds is 7. The van der Waals surface area contributed by atoms with Crippen LogP contribution in [0, 0.1) is 0 Å². The lowest BCUT2D eigenvalue weighted by Gasteiger charge is -2.43. The second kappa shape index (κ2) is 11.6. The zero-order valence-corrected chi connectivity index (χ0v) is 16.4. The average Bonchev–Trinajstić information content (AvgIpc) is 3.14. The van der Waals surface area contributed by atoms with Crippen LogP contribution < -0.4 is 5.32 Å². The Balaban J connectivity index is 0.00000114. The van der Waals surface area contributed by atoms with E-state index >= 15 is 0 Å². The van der Waals surface area contributed by atoms with Crippen LogP contribution in [0.15, 0.2) is 22.8 Å². The van der Waals surface area contributed by atoms with Crippen LogP contribution in [0.2, 0.25) is 0 Å². The molecule has 1 aromatic rings. The molecule has 0 aliphatic carbocycles. The van der Waals surface area contributed by atoms with Crippen LogP contribution in [-0.2, 0) is 11.3 Å². The topological polar surface area (TPSA) is 109 Å². The first kappa shape index (κ1) is 22.9. The molecule has 0 aromatic carbocycles. The molecule has 0 saturated carbocycles. The monoisotopic (exact) mass is 384 g/mol. The Labute approximate surface area is 160 Å². The van der Waals surface area contributed by atoms with Crippen LogP contribution in [0.25, 0.3) is 0 Å². The number of piperazine rings is 1. The number of amides is 2. The number of carbonyl (C=O) groups excluding carboxylic acids is 1. The molecular formula is C18H32N4O5. The number of nitrogens with zero attached hydrogens (tertiary/aromatic N) is 3. The number of hydrogen-bond donors (Lipinski definition) is 3. The molecule has 1 saturated heterocycles. The second-order valence-corrected chi connectivity index (χ2v) is 7.09. The molecule has 3 N–H and O–H groups in total. The van der Waals surface area contributed by atoms with E-state index in [9.17, 15) is 9.90 Å². The number of carboxylic acid groups (broad SMARTS) is 1. The van der Waals surface area contributed by atoms with Gasteiger partial charge in [0, 0.05) is 44.8 Å². The standard InChI is InChI=1S/C17H30N4O3.CH2O2/c1-17(2,21-8-6-19(3)7-9-21)14-18-16(23)20(10-11-22)13-15-5-4-12-24-15;2-1-3/h4-5,12,22H,6-11,13-14H2,1-3H3,(H,18,23);1H,(H,2,3). The summed E-state index contributed by atoms with van der Waals surface area (Å²) in [6.07, 6.45) is 1.58. The summed E-state index contributed by atoms with van der Waals surface area (Å²) in [5.41, 5.74) is -0.105. The van der Waals surface area contributed by atoms with Crippen molar-refractivity contribution >= 4 is 12.5 Å². The van der Waals surface area contributed by atoms with Crippen LogP contribution in [0.5, 0.6) is 0 Å². The van der Waals surface area contributed by atoms with Gasteiger partial charge in [-0.1, -0.05) is 0 Å². The van der Waals surface area contributed by atoms with Gasteiger partial charge in [-0.2, -0.15) is 0 Å². The van der Waals surface area contributed by atoms with Gasteiger partial charge in [-0.25, -0.2) is 4.79 Å². The van der Waals surface area contributed by atoms with Gasteiger partial charge < -0.3 is 29.7 Å². The maximum absolute atomic E-state index is 12.5. The molecule has 1 aliphatic heterocycles. The summed E-state index contributed by atoms with van der Waals surface area (Å²) >= 11 is 0. The molecule has 0 bridgehead atoms. The zero-order valence-electron chi connectivity index (χ0n) is 16.4. The van der Waals surface area contributed by atoms with Gasteiger partial charge >= 0.3 is 6.03 Å². The summed E-state index contributed by atoms with van der Waals surface area (Å²) in [7, 11) is 2.13. The van der Waals surface area contributed by atoms with Crippen molar-refractivity contribution in [1.82, 2.24) is 20.0 Å². The van der Waals surface area contributed by atoms with E-state index in [1.54, 1.807) is 17.2 Å². The van der Waals surface area contributed by atoms with Crippen LogP contribution in [0.3, 0.4) is 0 Å². The molecular weight excluding hydrogens is 352 g/mol. The molecule has 1 fully saturated rings. The summed E-state index contributed by atoms with van der Waals surface area (Å²) < 4.78 is 5.29. The fourth-order valence-corrected chi connectivity index (χ4v) is 2.89. The van der Waals surface area contributed by atoms with Gasteiger partial charge in [0.15, 0.2) is 0 Å². The maximum atomic E-state index is 12.5. The lowest BCUT2D eigenvalue weighted by molar-refractivity contribution is -0.122. The van der Waals surface area contributed by atoms with Crippen molar-refractivity contribution < 1.29 is 24.2 Å². The molecule has 154 valence electrons. The number of aliphatic hydroxyl groups is 1. The lowest BCUT2D eigenvalue weighted by atomic mass is 10.0. The molecule has 9 nitrogen and oxygen atoms in total. The fourth-order valence-electron chi connectivity index (χ4n) is 2.89. The van der Waals surface area contributed by atoms with E-state index < -0.39 is 0 Å². The Hall–Kier alpha value is -2.10. The Morgan fingerprint density at radius 2 is 2.00 bits per heavy atom. The summed E-state index contributed by atoms with van der Waals surface area (Å²) in [6, 6.07) is 3.44. The minimum Gasteiger partial charge on any atom is -0.483 e. The fraction of sp³-hybridized carbons (Fsp3) is 0.667. The van der Waals surface area contributed by atoms with Gasteiger partial charge in [0.2, 0.25) is 0 Å². The second-order valence-electron chi connectivity index (χ2n) is 7.09. The van der Waals surface area contributed by atoms with Crippen LogP contribution in [-0.4, -0.2) is 95.9 Å². The van der Waals surface area contributed by atoms with E-state index in [1.165, 1.54) is 0 Å². The van der Waals surface area contributed by atoms with Crippen LogP contribution >= 0.6 is 0 Å². The van der Waals surface area contributed by atoms with Crippen molar-refractivity contribution in [2.24, 2.45) is 0 Å². The maximum Gasteiger partial charge on any atom is 0.317 e. The van der Waals surface area contributed by atoms with Gasteiger partial charge in [-0.15, -0.1) is 0 Å². The van der Waals surface area contributed by atoms with Gasteiger partial charge in [-0.3, -0.25) is 9.69 Å². The number of urea groups is 1. The molecule has 1 aromatic heterocycles. The highest BCUT2D eigenvalue weighted by atomic mass is 16.3. The average molecular weight is 384 g/mol. The van der Waals surface area contributed by atoms with Crippen LogP contribution in [0.4, 0.5) is 4.79 Å². The number of aliphatic hydroxyl groups excluding tert-OH is 1. The quantitative estimate of drug-likeness (QED) is 0.588. The SMILES string of the molecule is CN1CCN(C(C)(C)CNC(=O)N(CCO)Cc2ccco2)CC1.O=CO. The Morgan fingerprint density at radius 1 is 1.37 bits per heavy atom. The van der Waals surface area contributed by atoms with Crippen molar-refractivity contribution in [3.05, 3.63) is 24.2 Å². The van der Waals surface area contributed by atoms with Crippen molar-refractivity contribution in [2.45, 2.75) is 25.9 Å². The predicted molar refractivity (Wildman–Crippen MR) is 101 cm³/mol. The summed E-state index contributed by atoms with van der Waals surface area (Å²) in [6.45, 7) is 9.29. The van der Waals surface area contributed by atoms with Crippen molar-refractivity contribution in [1.29, 1.82) is 0 Å². The molecule has 27 heavy (non-hydrogen) atoms. The number of carbonyl (C=O) groups is 2. The van der Waals surface area contributed by atoms with Gasteiger partial charge in [0.1, 0.15) is 5.76 Å². The lowest BCUT2D eigenvalue weighted by Crippen LogP contribution is -2.58. The Bertz CT molecular complexity index is 542. The third kappa shape index (κ3) is 7.98. The molecule has 9 heteroatoms. The largest absolute Gasteiger partial charge is 0.483 e. The molecule has 2 amide bonds. The van der Waals surface area contributed by atoms with E-state index in [-0.39, 0.29) is 31.2 Å². The van der Waals surface area contributed by atoms with Crippen molar-refractivity contribution in [3.63, 3.8) is 0 Å². The number of likely N-dealkylation sites (N-methyl/N-ethyl adjacent to an activating group) is 1. The molecule has 0 atom stereocenters. The summed E-state index contributed by atoms with van der Waals surface area (Å²) in [4.78, 5) is 27.1. The highest BCUT2D eigenvalue weighted by molar-refractivity contribution is 5.74. The Kier molecular flexibility index (Phi) is 9.84. The Morgan fingerprint density at radius 3 is 2.52 bits per heavy atom. The van der Waals surface area contributed by atoms with E-state index in [1.807, 2.05) is 6.07 Å². The van der Waals surface area contributed by atoms with E-state index in [0.717, 1.165) is 26.2 Å². The van der Waals surface area contributed by atoms with Crippen LogP contribution in [0.1, 0.15) is 19.6 Å². The minimum absolute atomic E-state index is 0.0734. The van der Waals surface area contributed by atoms with Gasteiger partial charge in [0.25, 0.3) is 6.47 Å². The van der Waals surface area contributed by atoms with Crippen molar-refractivity contribution in [3.8, 4) is 0 Å². The highest BCUT2D eigenvalue weighted by Crippen LogP contribution is 2.16. The molecule has 0 spiro atoms. The third-order valence-corrected chi connectivity index (χ3v) is 4.62. The van der Waals surface area contributed by atoms with Crippen molar-refractivity contribution in [2.75, 3.05) is 52.9 Å². The molecule has 2 heterocycles. The summed E-state index contributed by atoms with van der Waals surface area (Å²) in [5.74, 6) is 0.705. The van der Waals surface area contributed by atoms with E-state index in [4.69, 9.17) is 14.3 Å². The predicted octanol–water partition coefficient (Wildman–Crippen LogP) is 0.510.